The summed E-state index contributed by atoms with van der Waals surface area (Å²) in [5, 5.41) is 3.01. The Bertz CT molecular complexity index is 1160. The molecule has 0 aliphatic rings. The number of nitrogens with zero attached hydrogens (tertiary/aromatic N) is 1. The molecule has 2 amide bonds. The minimum absolute atomic E-state index is 0.0454. The summed E-state index contributed by atoms with van der Waals surface area (Å²) in [5.41, 5.74) is 4.23. The van der Waals surface area contributed by atoms with E-state index in [1.165, 1.54) is 5.56 Å². The van der Waals surface area contributed by atoms with Crippen LogP contribution in [0, 0.1) is 6.92 Å². The summed E-state index contributed by atoms with van der Waals surface area (Å²) in [5.74, 6) is 0.174. The Kier molecular flexibility index (Phi) is 10.1. The Balaban J connectivity index is 1.91. The number of hydrogen-bond acceptors (Lipinski definition) is 3. The van der Waals surface area contributed by atoms with Gasteiger partial charge in [0.1, 0.15) is 11.8 Å². The van der Waals surface area contributed by atoms with Gasteiger partial charge in [-0.1, -0.05) is 73.2 Å². The molecule has 0 radical (unpaired) electrons. The number of benzene rings is 3. The van der Waals surface area contributed by atoms with Crippen LogP contribution in [0.5, 0.6) is 5.75 Å². The van der Waals surface area contributed by atoms with Gasteiger partial charge in [-0.3, -0.25) is 9.59 Å². The third-order valence-corrected chi connectivity index (χ3v) is 6.51. The van der Waals surface area contributed by atoms with Gasteiger partial charge in [0, 0.05) is 19.0 Å². The highest BCUT2D eigenvalue weighted by Crippen LogP contribution is 2.26. The lowest BCUT2D eigenvalue weighted by Gasteiger charge is -2.32. The molecule has 0 aromatic heterocycles. The number of aryl methyl sites for hydroxylation is 2. The maximum absolute atomic E-state index is 13.7. The first-order valence-corrected chi connectivity index (χ1v) is 13.2. The lowest BCUT2D eigenvalue weighted by molar-refractivity contribution is -0.143. The predicted octanol–water partition coefficient (Wildman–Crippen LogP) is 5.86. The van der Waals surface area contributed by atoms with Gasteiger partial charge >= 0.3 is 0 Å². The summed E-state index contributed by atoms with van der Waals surface area (Å²) in [6, 6.07) is 22.9. The van der Waals surface area contributed by atoms with E-state index in [0.717, 1.165) is 27.6 Å². The second kappa shape index (κ2) is 13.3. The van der Waals surface area contributed by atoms with E-state index in [0.29, 0.717) is 18.7 Å². The van der Waals surface area contributed by atoms with E-state index in [9.17, 15) is 9.59 Å². The fourth-order valence-corrected chi connectivity index (χ4v) is 4.59. The molecule has 0 spiro atoms. The molecular formula is C30H35BrN2O3. The highest BCUT2D eigenvalue weighted by atomic mass is 79.9. The number of carbonyl (C=O) groups is 2. The van der Waals surface area contributed by atoms with E-state index in [2.05, 4.69) is 28.2 Å². The van der Waals surface area contributed by atoms with Crippen molar-refractivity contribution in [1.29, 1.82) is 0 Å². The predicted molar refractivity (Wildman–Crippen MR) is 148 cm³/mol. The van der Waals surface area contributed by atoms with E-state index in [-0.39, 0.29) is 24.5 Å². The smallest absolute Gasteiger partial charge is 0.261 e. The highest BCUT2D eigenvalue weighted by Gasteiger charge is 2.31. The van der Waals surface area contributed by atoms with Crippen LogP contribution in [-0.2, 0) is 29.0 Å². The first kappa shape index (κ1) is 27.5. The van der Waals surface area contributed by atoms with Gasteiger partial charge in [-0.2, -0.15) is 0 Å². The molecule has 1 atom stereocenters. The van der Waals surface area contributed by atoms with E-state index in [1.54, 1.807) is 4.90 Å². The zero-order chi connectivity index (χ0) is 26.1. The van der Waals surface area contributed by atoms with Gasteiger partial charge in [0.15, 0.2) is 6.61 Å². The molecule has 0 saturated heterocycles. The van der Waals surface area contributed by atoms with Crippen molar-refractivity contribution >= 4 is 27.7 Å². The zero-order valence-electron chi connectivity index (χ0n) is 21.5. The molecule has 0 unspecified atom stereocenters. The molecule has 3 aromatic rings. The normalized spacial score (nSPS) is 11.7. The molecular weight excluding hydrogens is 516 g/mol. The summed E-state index contributed by atoms with van der Waals surface area (Å²) >= 11 is 3.55. The van der Waals surface area contributed by atoms with Crippen LogP contribution in [0.2, 0.25) is 0 Å². The number of hydrogen-bond donors (Lipinski definition) is 1. The van der Waals surface area contributed by atoms with E-state index in [4.69, 9.17) is 4.74 Å². The Labute approximate surface area is 223 Å². The summed E-state index contributed by atoms with van der Waals surface area (Å²) in [6.45, 7) is 8.09. The summed E-state index contributed by atoms with van der Waals surface area (Å²) in [4.78, 5) is 28.7. The highest BCUT2D eigenvalue weighted by molar-refractivity contribution is 9.10. The van der Waals surface area contributed by atoms with Crippen molar-refractivity contribution in [2.45, 2.75) is 59.2 Å². The fraction of sp³-hybridized carbons (Fsp3) is 0.333. The molecule has 6 heteroatoms. The van der Waals surface area contributed by atoms with Crippen molar-refractivity contribution in [3.05, 3.63) is 99.5 Å². The second-order valence-electron chi connectivity index (χ2n) is 9.29. The average molecular weight is 552 g/mol. The molecule has 3 aromatic carbocycles. The average Bonchev–Trinajstić information content (AvgIpc) is 2.85. The standard InChI is InChI=1S/C30H35BrN2O3/c1-5-23-14-15-28(26(31)17-23)36-20-29(34)33(19-25-13-9-10-22(4)16-25)27(30(35)32-21(2)3)18-24-11-7-6-8-12-24/h6-17,21,27H,5,18-20H2,1-4H3,(H,32,35)/t27-/m1/s1. The van der Waals surface area contributed by atoms with E-state index < -0.39 is 6.04 Å². The second-order valence-corrected chi connectivity index (χ2v) is 10.1. The SMILES string of the molecule is CCc1ccc(OCC(=O)N(Cc2cccc(C)c2)[C@H](Cc2ccccc2)C(=O)NC(C)C)c(Br)c1. The third kappa shape index (κ3) is 7.95. The van der Waals surface area contributed by atoms with Crippen molar-refractivity contribution in [2.24, 2.45) is 0 Å². The van der Waals surface area contributed by atoms with Crippen LogP contribution in [0.1, 0.15) is 43.0 Å². The number of nitrogens with one attached hydrogen (secondary N) is 1. The van der Waals surface area contributed by atoms with Gasteiger partial charge in [0.2, 0.25) is 5.91 Å². The van der Waals surface area contributed by atoms with Crippen LogP contribution in [0.25, 0.3) is 0 Å². The fourth-order valence-electron chi connectivity index (χ4n) is 4.05. The number of rotatable bonds is 11. The number of halogens is 1. The lowest BCUT2D eigenvalue weighted by Crippen LogP contribution is -2.52. The quantitative estimate of drug-likeness (QED) is 0.325. The topological polar surface area (TPSA) is 58.6 Å². The molecule has 5 nitrogen and oxygen atoms in total. The largest absolute Gasteiger partial charge is 0.483 e. The molecule has 0 saturated carbocycles. The molecule has 36 heavy (non-hydrogen) atoms. The van der Waals surface area contributed by atoms with Gasteiger partial charge in [-0.15, -0.1) is 0 Å². The number of amides is 2. The van der Waals surface area contributed by atoms with Gasteiger partial charge in [-0.05, 0) is 71.9 Å². The van der Waals surface area contributed by atoms with Crippen LogP contribution in [0.3, 0.4) is 0 Å². The molecule has 0 aliphatic carbocycles. The minimum Gasteiger partial charge on any atom is -0.483 e. The van der Waals surface area contributed by atoms with Crippen molar-refractivity contribution in [2.75, 3.05) is 6.61 Å². The molecule has 0 bridgehead atoms. The summed E-state index contributed by atoms with van der Waals surface area (Å²) in [6.07, 6.45) is 1.32. The zero-order valence-corrected chi connectivity index (χ0v) is 23.0. The van der Waals surface area contributed by atoms with Crippen LogP contribution in [-0.4, -0.2) is 35.4 Å². The molecule has 0 heterocycles. The number of carbonyl (C=O) groups excluding carboxylic acids is 2. The molecule has 3 rings (SSSR count). The number of ether oxygens (including phenoxy) is 1. The van der Waals surface area contributed by atoms with Crippen LogP contribution < -0.4 is 10.1 Å². The van der Waals surface area contributed by atoms with Crippen molar-refractivity contribution in [3.63, 3.8) is 0 Å². The molecule has 190 valence electrons. The van der Waals surface area contributed by atoms with Gasteiger partial charge in [-0.25, -0.2) is 0 Å². The Morgan fingerprint density at radius 2 is 1.67 bits per heavy atom. The Morgan fingerprint density at radius 1 is 0.944 bits per heavy atom. The van der Waals surface area contributed by atoms with Gasteiger partial charge in [0.25, 0.3) is 5.91 Å². The molecule has 1 N–H and O–H groups in total. The molecule has 0 fully saturated rings. The maximum Gasteiger partial charge on any atom is 0.261 e. The summed E-state index contributed by atoms with van der Waals surface area (Å²) in [7, 11) is 0. The lowest BCUT2D eigenvalue weighted by atomic mass is 10.0. The van der Waals surface area contributed by atoms with E-state index in [1.807, 2.05) is 93.6 Å². The van der Waals surface area contributed by atoms with Gasteiger partial charge < -0.3 is 15.0 Å². The van der Waals surface area contributed by atoms with Crippen molar-refractivity contribution in [1.82, 2.24) is 10.2 Å². The monoisotopic (exact) mass is 550 g/mol. The van der Waals surface area contributed by atoms with Gasteiger partial charge in [0.05, 0.1) is 4.47 Å². The summed E-state index contributed by atoms with van der Waals surface area (Å²) < 4.78 is 6.74. The Hall–Kier alpha value is -3.12. The first-order chi connectivity index (χ1) is 17.3. The van der Waals surface area contributed by atoms with Crippen molar-refractivity contribution < 1.29 is 14.3 Å². The van der Waals surface area contributed by atoms with Crippen molar-refractivity contribution in [3.8, 4) is 5.75 Å². The minimum atomic E-state index is -0.683. The van der Waals surface area contributed by atoms with E-state index >= 15 is 0 Å². The maximum atomic E-state index is 13.7. The molecule has 0 aliphatic heterocycles. The third-order valence-electron chi connectivity index (χ3n) is 5.89. The van der Waals surface area contributed by atoms with Crippen LogP contribution >= 0.6 is 15.9 Å². The first-order valence-electron chi connectivity index (χ1n) is 12.4. The van der Waals surface area contributed by atoms with Crippen LogP contribution in [0.15, 0.2) is 77.3 Å². The van der Waals surface area contributed by atoms with Crippen LogP contribution in [0.4, 0.5) is 0 Å². The Morgan fingerprint density at radius 3 is 2.31 bits per heavy atom.